The molecule has 2 aliphatic rings. The van der Waals surface area contributed by atoms with Crippen LogP contribution in [-0.4, -0.2) is 29.9 Å². The lowest BCUT2D eigenvalue weighted by molar-refractivity contribution is -0.133. The van der Waals surface area contributed by atoms with Crippen molar-refractivity contribution in [1.82, 2.24) is 4.90 Å². The molecule has 1 saturated carbocycles. The summed E-state index contributed by atoms with van der Waals surface area (Å²) in [7, 11) is 0. The molecule has 0 radical (unpaired) electrons. The number of amides is 1. The molecule has 1 N–H and O–H groups in total. The number of halogens is 1. The van der Waals surface area contributed by atoms with Gasteiger partial charge in [-0.05, 0) is 43.9 Å². The number of benzene rings is 1. The molecule has 1 saturated heterocycles. The zero-order valence-corrected chi connectivity index (χ0v) is 12.6. The number of hydrogen-bond donors (Lipinski definition) is 1. The normalized spacial score (nSPS) is 19.1. The van der Waals surface area contributed by atoms with Gasteiger partial charge in [0.25, 0.3) is 0 Å². The maximum Gasteiger partial charge on any atom is 0.225 e. The van der Waals surface area contributed by atoms with E-state index in [0.717, 1.165) is 44.5 Å². The summed E-state index contributed by atoms with van der Waals surface area (Å²) in [5.74, 6) is 0.633. The monoisotopic (exact) mass is 303 g/mol. The first kappa shape index (κ1) is 14.2. The first-order valence-corrected chi connectivity index (χ1v) is 7.80. The highest BCUT2D eigenvalue weighted by Crippen LogP contribution is 2.32. The first-order chi connectivity index (χ1) is 10.2. The van der Waals surface area contributed by atoms with Crippen molar-refractivity contribution < 1.29 is 4.79 Å². The van der Waals surface area contributed by atoms with Crippen LogP contribution in [0.1, 0.15) is 31.2 Å². The molecule has 1 heterocycles. The molecule has 21 heavy (non-hydrogen) atoms. The Hall–Kier alpha value is -1.73. The van der Waals surface area contributed by atoms with Gasteiger partial charge in [-0.25, -0.2) is 0 Å². The average molecular weight is 304 g/mol. The van der Waals surface area contributed by atoms with Crippen molar-refractivity contribution >= 4 is 23.2 Å². The molecule has 0 bridgehead atoms. The molecule has 110 valence electrons. The lowest BCUT2D eigenvalue weighted by atomic mass is 10.0. The number of carbonyl (C=O) groups excluding carboxylic acids is 1. The number of nitriles is 1. The van der Waals surface area contributed by atoms with Crippen molar-refractivity contribution in [2.75, 3.05) is 18.4 Å². The minimum atomic E-state index is 0.302. The Labute approximate surface area is 129 Å². The fraction of sp³-hybridized carbons (Fsp3) is 0.500. The van der Waals surface area contributed by atoms with E-state index in [1.807, 2.05) is 11.0 Å². The molecule has 0 atom stereocenters. The van der Waals surface area contributed by atoms with Crippen LogP contribution < -0.4 is 5.32 Å². The Morgan fingerprint density at radius 2 is 2.00 bits per heavy atom. The Balaban J connectivity index is 1.58. The van der Waals surface area contributed by atoms with Gasteiger partial charge in [0, 0.05) is 30.1 Å². The Morgan fingerprint density at radius 3 is 2.62 bits per heavy atom. The Morgan fingerprint density at radius 1 is 1.29 bits per heavy atom. The van der Waals surface area contributed by atoms with Crippen LogP contribution in [0.25, 0.3) is 0 Å². The van der Waals surface area contributed by atoms with E-state index in [1.165, 1.54) is 0 Å². The molecule has 5 heteroatoms. The highest BCUT2D eigenvalue weighted by atomic mass is 35.5. The van der Waals surface area contributed by atoms with Gasteiger partial charge in [0.15, 0.2) is 0 Å². The van der Waals surface area contributed by atoms with Gasteiger partial charge in [-0.1, -0.05) is 11.6 Å². The summed E-state index contributed by atoms with van der Waals surface area (Å²) < 4.78 is 0. The van der Waals surface area contributed by atoms with Gasteiger partial charge < -0.3 is 10.2 Å². The number of piperidine rings is 1. The summed E-state index contributed by atoms with van der Waals surface area (Å²) in [4.78, 5) is 14.0. The van der Waals surface area contributed by atoms with Crippen LogP contribution in [0, 0.1) is 17.2 Å². The fourth-order valence-electron chi connectivity index (χ4n) is 2.79. The van der Waals surface area contributed by atoms with Gasteiger partial charge in [0.1, 0.15) is 6.07 Å². The largest absolute Gasteiger partial charge is 0.381 e. The molecule has 0 spiro atoms. The van der Waals surface area contributed by atoms with Gasteiger partial charge in [0.05, 0.1) is 11.3 Å². The van der Waals surface area contributed by atoms with Crippen molar-refractivity contribution in [3.05, 3.63) is 28.8 Å². The van der Waals surface area contributed by atoms with Gasteiger partial charge in [-0.3, -0.25) is 4.79 Å². The van der Waals surface area contributed by atoms with Crippen LogP contribution in [0.5, 0.6) is 0 Å². The Bertz CT molecular complexity index is 584. The van der Waals surface area contributed by atoms with Crippen molar-refractivity contribution in [2.24, 2.45) is 5.92 Å². The summed E-state index contributed by atoms with van der Waals surface area (Å²) in [5, 5.41) is 13.1. The molecule has 0 aromatic heterocycles. The third-order valence-corrected chi connectivity index (χ3v) is 4.43. The Kier molecular flexibility index (Phi) is 4.03. The lowest BCUT2D eigenvalue weighted by Gasteiger charge is -2.33. The maximum absolute atomic E-state index is 12.0. The van der Waals surface area contributed by atoms with Gasteiger partial charge in [-0.15, -0.1) is 0 Å². The lowest BCUT2D eigenvalue weighted by Crippen LogP contribution is -2.43. The van der Waals surface area contributed by atoms with E-state index in [2.05, 4.69) is 11.4 Å². The molecule has 0 unspecified atom stereocenters. The quantitative estimate of drug-likeness (QED) is 0.934. The minimum absolute atomic E-state index is 0.302. The fourth-order valence-corrected chi connectivity index (χ4v) is 2.96. The summed E-state index contributed by atoms with van der Waals surface area (Å²) >= 11 is 5.90. The minimum Gasteiger partial charge on any atom is -0.381 e. The maximum atomic E-state index is 12.0. The molecule has 2 fully saturated rings. The zero-order valence-electron chi connectivity index (χ0n) is 11.8. The third-order valence-electron chi connectivity index (χ3n) is 4.19. The number of hydrogen-bond acceptors (Lipinski definition) is 3. The topological polar surface area (TPSA) is 56.1 Å². The highest BCUT2D eigenvalue weighted by molar-refractivity contribution is 6.30. The van der Waals surface area contributed by atoms with Crippen LogP contribution in [-0.2, 0) is 4.79 Å². The molecule has 1 aliphatic heterocycles. The van der Waals surface area contributed by atoms with Crippen molar-refractivity contribution in [3.8, 4) is 6.07 Å². The van der Waals surface area contributed by atoms with Gasteiger partial charge in [0.2, 0.25) is 5.91 Å². The van der Waals surface area contributed by atoms with Crippen LogP contribution in [0.2, 0.25) is 5.02 Å². The standard InChI is InChI=1S/C16H18ClN3O/c17-13-3-4-15(12(9-13)10-18)19-14-5-7-20(8-6-14)16(21)11-1-2-11/h3-4,9,11,14,19H,1-2,5-8H2. The summed E-state index contributed by atoms with van der Waals surface area (Å²) in [6.07, 6.45) is 3.97. The van der Waals surface area contributed by atoms with E-state index in [9.17, 15) is 4.79 Å². The molecule has 1 aromatic rings. The number of rotatable bonds is 3. The summed E-state index contributed by atoms with van der Waals surface area (Å²) in [5.41, 5.74) is 1.40. The SMILES string of the molecule is N#Cc1cc(Cl)ccc1NC1CCN(C(=O)C2CC2)CC1. The van der Waals surface area contributed by atoms with E-state index in [4.69, 9.17) is 16.9 Å². The molecule has 4 nitrogen and oxygen atoms in total. The molecule has 1 aliphatic carbocycles. The van der Waals surface area contributed by atoms with Crippen LogP contribution >= 0.6 is 11.6 Å². The van der Waals surface area contributed by atoms with Gasteiger partial charge >= 0.3 is 0 Å². The second kappa shape index (κ2) is 5.95. The average Bonchev–Trinajstić information content (AvgIpc) is 3.34. The van der Waals surface area contributed by atoms with Crippen molar-refractivity contribution in [1.29, 1.82) is 5.26 Å². The number of nitrogens with one attached hydrogen (secondary N) is 1. The third kappa shape index (κ3) is 3.30. The van der Waals surface area contributed by atoms with Crippen molar-refractivity contribution in [2.45, 2.75) is 31.7 Å². The first-order valence-electron chi connectivity index (χ1n) is 7.42. The number of carbonyl (C=O) groups is 1. The zero-order chi connectivity index (χ0) is 14.8. The summed E-state index contributed by atoms with van der Waals surface area (Å²) in [6, 6.07) is 7.79. The van der Waals surface area contributed by atoms with Gasteiger partial charge in [-0.2, -0.15) is 5.26 Å². The highest BCUT2D eigenvalue weighted by Gasteiger charge is 2.34. The second-order valence-corrected chi connectivity index (χ2v) is 6.26. The molecule has 1 amide bonds. The second-order valence-electron chi connectivity index (χ2n) is 5.82. The van der Waals surface area contributed by atoms with E-state index < -0.39 is 0 Å². The van der Waals surface area contributed by atoms with Crippen molar-refractivity contribution in [3.63, 3.8) is 0 Å². The summed E-state index contributed by atoms with van der Waals surface area (Å²) in [6.45, 7) is 1.62. The number of anilines is 1. The van der Waals surface area contributed by atoms with E-state index in [1.54, 1.807) is 12.1 Å². The molecule has 3 rings (SSSR count). The number of nitrogens with zero attached hydrogens (tertiary/aromatic N) is 2. The molecular formula is C16H18ClN3O. The van der Waals surface area contributed by atoms with E-state index in [0.29, 0.717) is 28.5 Å². The smallest absolute Gasteiger partial charge is 0.225 e. The predicted octanol–water partition coefficient (Wildman–Crippen LogP) is 3.02. The molecular weight excluding hydrogens is 286 g/mol. The number of likely N-dealkylation sites (tertiary alicyclic amines) is 1. The van der Waals surface area contributed by atoms with E-state index in [-0.39, 0.29) is 0 Å². The van der Waals surface area contributed by atoms with Crippen LogP contribution in [0.3, 0.4) is 0 Å². The van der Waals surface area contributed by atoms with E-state index >= 15 is 0 Å². The van der Waals surface area contributed by atoms with Crippen LogP contribution in [0.4, 0.5) is 5.69 Å². The van der Waals surface area contributed by atoms with Crippen LogP contribution in [0.15, 0.2) is 18.2 Å². The predicted molar refractivity (Wildman–Crippen MR) is 82.1 cm³/mol. The molecule has 1 aromatic carbocycles.